The molecule has 1 aromatic rings. The molecule has 5 heteroatoms. The Hall–Kier alpha value is -0.390. The molecule has 1 amide bonds. The quantitative estimate of drug-likeness (QED) is 0.901. The van der Waals surface area contributed by atoms with Crippen LogP contribution in [0.3, 0.4) is 0 Å². The molecular weight excluding hydrogens is 266 g/mol. The van der Waals surface area contributed by atoms with Gasteiger partial charge in [-0.25, -0.2) is 0 Å². The lowest BCUT2D eigenvalue weighted by molar-refractivity contribution is -0.124. The minimum Gasteiger partial charge on any atom is -0.368 e. The maximum absolute atomic E-state index is 11.6. The highest BCUT2D eigenvalue weighted by atomic mass is 79.9. The molecule has 0 saturated carbocycles. The minimum atomic E-state index is -0.262. The third-order valence-corrected chi connectivity index (χ3v) is 3.80. The van der Waals surface area contributed by atoms with Crippen LogP contribution in [0.5, 0.6) is 0 Å². The number of carbonyl (C=O) groups excluding carboxylic acids is 1. The summed E-state index contributed by atoms with van der Waals surface area (Å²) in [5.74, 6) is -0.0402. The Bertz CT molecular complexity index is 333. The van der Waals surface area contributed by atoms with Crippen LogP contribution in [0.1, 0.15) is 12.8 Å². The van der Waals surface area contributed by atoms with Crippen LogP contribution in [0.15, 0.2) is 15.2 Å². The molecule has 3 nitrogen and oxygen atoms in total. The number of rotatable bonds is 2. The van der Waals surface area contributed by atoms with Crippen LogP contribution < -0.4 is 5.32 Å². The minimum absolute atomic E-state index is 0.0402. The van der Waals surface area contributed by atoms with Gasteiger partial charge in [-0.3, -0.25) is 4.79 Å². The van der Waals surface area contributed by atoms with Crippen molar-refractivity contribution in [2.45, 2.75) is 18.9 Å². The largest absolute Gasteiger partial charge is 0.368 e. The third-order valence-electron chi connectivity index (χ3n) is 2.09. The standard InChI is InChI=1S/C9H10BrNO2S/c10-6-4-14-5-7(6)11-9(12)8-2-1-3-13-8/h4-5,8H,1-3H2,(H,11,12)/t8-/m1/s1. The Kier molecular flexibility index (Phi) is 3.20. The monoisotopic (exact) mass is 275 g/mol. The number of amides is 1. The molecule has 0 aliphatic carbocycles. The van der Waals surface area contributed by atoms with Crippen molar-refractivity contribution in [3.63, 3.8) is 0 Å². The van der Waals surface area contributed by atoms with Crippen molar-refractivity contribution in [3.05, 3.63) is 15.2 Å². The number of halogens is 1. The van der Waals surface area contributed by atoms with Gasteiger partial charge in [-0.05, 0) is 28.8 Å². The zero-order valence-electron chi connectivity index (χ0n) is 7.46. The Morgan fingerprint density at radius 3 is 3.07 bits per heavy atom. The normalized spacial score (nSPS) is 21.1. The van der Waals surface area contributed by atoms with Crippen LogP contribution >= 0.6 is 27.3 Å². The van der Waals surface area contributed by atoms with E-state index in [4.69, 9.17) is 4.74 Å². The van der Waals surface area contributed by atoms with E-state index in [1.54, 1.807) is 11.3 Å². The second-order valence-corrected chi connectivity index (χ2v) is 4.72. The van der Waals surface area contributed by atoms with Gasteiger partial charge in [0.05, 0.1) is 10.2 Å². The highest BCUT2D eigenvalue weighted by molar-refractivity contribution is 9.10. The molecule has 1 fully saturated rings. The summed E-state index contributed by atoms with van der Waals surface area (Å²) in [5.41, 5.74) is 0.829. The highest BCUT2D eigenvalue weighted by Crippen LogP contribution is 2.27. The number of thiophene rings is 1. The molecule has 1 aliphatic heterocycles. The summed E-state index contributed by atoms with van der Waals surface area (Å²) in [7, 11) is 0. The molecule has 1 saturated heterocycles. The number of anilines is 1. The number of carbonyl (C=O) groups is 1. The van der Waals surface area contributed by atoms with Gasteiger partial charge in [0, 0.05) is 17.4 Å². The highest BCUT2D eigenvalue weighted by Gasteiger charge is 2.23. The summed E-state index contributed by atoms with van der Waals surface area (Å²) in [6.07, 6.45) is 1.54. The van der Waals surface area contributed by atoms with Crippen molar-refractivity contribution >= 4 is 38.9 Å². The first kappa shape index (κ1) is 10.1. The van der Waals surface area contributed by atoms with E-state index in [-0.39, 0.29) is 12.0 Å². The maximum atomic E-state index is 11.6. The summed E-state index contributed by atoms with van der Waals surface area (Å²) < 4.78 is 6.20. The van der Waals surface area contributed by atoms with Crippen LogP contribution in [0.4, 0.5) is 5.69 Å². The fourth-order valence-electron chi connectivity index (χ4n) is 1.37. The maximum Gasteiger partial charge on any atom is 0.253 e. The van der Waals surface area contributed by atoms with Crippen LogP contribution in [0, 0.1) is 0 Å². The number of hydrogen-bond donors (Lipinski definition) is 1. The molecule has 0 unspecified atom stereocenters. The van der Waals surface area contributed by atoms with Gasteiger partial charge >= 0.3 is 0 Å². The Labute approximate surface area is 94.6 Å². The van der Waals surface area contributed by atoms with Crippen LogP contribution in [0.2, 0.25) is 0 Å². The molecule has 2 heterocycles. The van der Waals surface area contributed by atoms with Crippen molar-refractivity contribution in [2.24, 2.45) is 0 Å². The SMILES string of the molecule is O=C(Nc1cscc1Br)[C@H]1CCCO1. The summed E-state index contributed by atoms with van der Waals surface area (Å²) >= 11 is 4.91. The van der Waals surface area contributed by atoms with Gasteiger partial charge in [0.1, 0.15) is 6.10 Å². The summed E-state index contributed by atoms with van der Waals surface area (Å²) in [6, 6.07) is 0. The lowest BCUT2D eigenvalue weighted by Crippen LogP contribution is -2.26. The van der Waals surface area contributed by atoms with Gasteiger partial charge in [0.15, 0.2) is 0 Å². The lowest BCUT2D eigenvalue weighted by Gasteiger charge is -2.09. The van der Waals surface area contributed by atoms with E-state index in [9.17, 15) is 4.79 Å². The second-order valence-electron chi connectivity index (χ2n) is 3.12. The lowest BCUT2D eigenvalue weighted by atomic mass is 10.2. The average molecular weight is 276 g/mol. The first-order valence-corrected chi connectivity index (χ1v) is 6.15. The zero-order chi connectivity index (χ0) is 9.97. The van der Waals surface area contributed by atoms with E-state index in [0.29, 0.717) is 6.61 Å². The number of nitrogens with one attached hydrogen (secondary N) is 1. The number of ether oxygens (including phenoxy) is 1. The summed E-state index contributed by atoms with van der Waals surface area (Å²) in [6.45, 7) is 0.697. The molecule has 1 aromatic heterocycles. The van der Waals surface area contributed by atoms with Gasteiger partial charge in [-0.1, -0.05) is 0 Å². The molecule has 2 rings (SSSR count). The molecule has 1 aliphatic rings. The molecule has 14 heavy (non-hydrogen) atoms. The van der Waals surface area contributed by atoms with Gasteiger partial charge in [-0.15, -0.1) is 11.3 Å². The molecule has 0 radical (unpaired) electrons. The molecule has 1 atom stereocenters. The average Bonchev–Trinajstić information content (AvgIpc) is 2.77. The molecule has 1 N–H and O–H groups in total. The van der Waals surface area contributed by atoms with Crippen molar-refractivity contribution in [1.82, 2.24) is 0 Å². The molecule has 0 aromatic carbocycles. The zero-order valence-corrected chi connectivity index (χ0v) is 9.86. The molecule has 0 spiro atoms. The van der Waals surface area contributed by atoms with Crippen molar-refractivity contribution in [1.29, 1.82) is 0 Å². The number of hydrogen-bond acceptors (Lipinski definition) is 3. The van der Waals surface area contributed by atoms with Gasteiger partial charge in [0.2, 0.25) is 0 Å². The van der Waals surface area contributed by atoms with Crippen molar-refractivity contribution < 1.29 is 9.53 Å². The van der Waals surface area contributed by atoms with Crippen molar-refractivity contribution in [3.8, 4) is 0 Å². The second kappa shape index (κ2) is 4.42. The topological polar surface area (TPSA) is 38.3 Å². The first-order chi connectivity index (χ1) is 6.77. The van der Waals surface area contributed by atoms with Crippen LogP contribution in [-0.4, -0.2) is 18.6 Å². The van der Waals surface area contributed by atoms with E-state index >= 15 is 0 Å². The Morgan fingerprint density at radius 2 is 2.50 bits per heavy atom. The molecule has 0 bridgehead atoms. The Balaban J connectivity index is 1.97. The van der Waals surface area contributed by atoms with Gasteiger partial charge in [0.25, 0.3) is 5.91 Å². The molecule has 76 valence electrons. The van der Waals surface area contributed by atoms with Crippen molar-refractivity contribution in [2.75, 3.05) is 11.9 Å². The fraction of sp³-hybridized carbons (Fsp3) is 0.444. The van der Waals surface area contributed by atoms with E-state index in [0.717, 1.165) is 23.0 Å². The predicted molar refractivity (Wildman–Crippen MR) is 59.6 cm³/mol. The molecular formula is C9H10BrNO2S. The fourth-order valence-corrected chi connectivity index (χ4v) is 2.69. The predicted octanol–water partition coefficient (Wildman–Crippen LogP) is 2.63. The smallest absolute Gasteiger partial charge is 0.253 e. The first-order valence-electron chi connectivity index (χ1n) is 4.41. The summed E-state index contributed by atoms with van der Waals surface area (Å²) in [5, 5.41) is 6.67. The summed E-state index contributed by atoms with van der Waals surface area (Å²) in [4.78, 5) is 11.6. The van der Waals surface area contributed by atoms with E-state index in [2.05, 4.69) is 21.2 Å². The third kappa shape index (κ3) is 2.16. The van der Waals surface area contributed by atoms with Crippen LogP contribution in [0.25, 0.3) is 0 Å². The van der Waals surface area contributed by atoms with E-state index < -0.39 is 0 Å². The van der Waals surface area contributed by atoms with E-state index in [1.165, 1.54) is 0 Å². The van der Waals surface area contributed by atoms with E-state index in [1.807, 2.05) is 10.8 Å². The van der Waals surface area contributed by atoms with Gasteiger partial charge < -0.3 is 10.1 Å². The Morgan fingerprint density at radius 1 is 1.64 bits per heavy atom. The van der Waals surface area contributed by atoms with Gasteiger partial charge in [-0.2, -0.15) is 0 Å². The van der Waals surface area contributed by atoms with Crippen LogP contribution in [-0.2, 0) is 9.53 Å².